The summed E-state index contributed by atoms with van der Waals surface area (Å²) < 4.78 is 4.99. The molecule has 0 fully saturated rings. The molecule has 0 bridgehead atoms. The molecule has 0 aliphatic heterocycles. The summed E-state index contributed by atoms with van der Waals surface area (Å²) in [6.45, 7) is 1.85. The Hall–Kier alpha value is -3.03. The van der Waals surface area contributed by atoms with Gasteiger partial charge in [-0.05, 0) is 43.3 Å². The first-order valence-corrected chi connectivity index (χ1v) is 7.90. The first-order chi connectivity index (χ1) is 12.1. The highest BCUT2D eigenvalue weighted by molar-refractivity contribution is 6.32. The van der Waals surface area contributed by atoms with E-state index < -0.39 is 5.97 Å². The number of nitrogens with zero attached hydrogens (tertiary/aromatic N) is 1. The number of terminal acetylenes is 1. The number of carbonyl (C=O) groups excluding carboxylic acids is 1. The van der Waals surface area contributed by atoms with Crippen molar-refractivity contribution < 1.29 is 14.6 Å². The second kappa shape index (κ2) is 8.72. The Bertz CT molecular complexity index is 861. The molecule has 0 aliphatic carbocycles. The molecule has 0 unspecified atom stereocenters. The van der Waals surface area contributed by atoms with Crippen LogP contribution < -0.4 is 0 Å². The van der Waals surface area contributed by atoms with E-state index in [0.29, 0.717) is 16.3 Å². The number of halogens is 1. The summed E-state index contributed by atoms with van der Waals surface area (Å²) in [5, 5.41) is 10.8. The Morgan fingerprint density at radius 3 is 2.56 bits per heavy atom. The highest BCUT2D eigenvalue weighted by Gasteiger charge is 2.17. The van der Waals surface area contributed by atoms with E-state index in [4.69, 9.17) is 22.8 Å². The number of aliphatic hydroxyl groups is 1. The van der Waals surface area contributed by atoms with E-state index in [2.05, 4.69) is 10.9 Å². The maximum Gasteiger partial charge on any atom is 0.343 e. The van der Waals surface area contributed by atoms with Crippen LogP contribution >= 0.6 is 11.6 Å². The lowest BCUT2D eigenvalue weighted by Crippen LogP contribution is -2.11. The van der Waals surface area contributed by atoms with Crippen molar-refractivity contribution >= 4 is 35.2 Å². The minimum atomic E-state index is -0.691. The van der Waals surface area contributed by atoms with Crippen LogP contribution in [0.15, 0.2) is 59.1 Å². The van der Waals surface area contributed by atoms with Crippen LogP contribution in [-0.2, 0) is 9.53 Å². The van der Waals surface area contributed by atoms with Gasteiger partial charge < -0.3 is 9.84 Å². The summed E-state index contributed by atoms with van der Waals surface area (Å²) in [7, 11) is 0. The van der Waals surface area contributed by atoms with Crippen molar-refractivity contribution in [2.75, 3.05) is 6.61 Å². The fourth-order valence-electron chi connectivity index (χ4n) is 2.00. The maximum absolute atomic E-state index is 12.2. The molecule has 0 spiro atoms. The lowest BCUT2D eigenvalue weighted by molar-refractivity contribution is -0.137. The summed E-state index contributed by atoms with van der Waals surface area (Å²) >= 11 is 6.09. The molecule has 0 aromatic heterocycles. The molecule has 0 atom stereocenters. The second-order valence-corrected chi connectivity index (χ2v) is 5.32. The number of carbonyl (C=O) groups is 1. The number of ether oxygens (including phenoxy) is 1. The van der Waals surface area contributed by atoms with E-state index in [1.807, 2.05) is 0 Å². The smallest absolute Gasteiger partial charge is 0.343 e. The zero-order chi connectivity index (χ0) is 18.2. The Morgan fingerprint density at radius 1 is 1.28 bits per heavy atom. The monoisotopic (exact) mass is 353 g/mol. The molecule has 4 nitrogen and oxygen atoms in total. The van der Waals surface area contributed by atoms with Crippen molar-refractivity contribution in [3.8, 4) is 12.3 Å². The number of aliphatic imine (C=N–C) groups is 1. The standard InChI is InChI=1S/C20H16ClNO3/c1-3-14-9-11-15(12-10-14)22-13-17(20(24)25-4-2)19(23)16-7-5-6-8-18(16)21/h1,5-13,23H,4H2,2H3/b19-17+,22-13?. The Balaban J connectivity index is 2.44. The third kappa shape index (κ3) is 4.72. The van der Waals surface area contributed by atoms with E-state index >= 15 is 0 Å². The molecule has 2 rings (SSSR count). The number of hydrogen-bond donors (Lipinski definition) is 1. The fourth-order valence-corrected chi connectivity index (χ4v) is 2.23. The van der Waals surface area contributed by atoms with Gasteiger partial charge in [0.1, 0.15) is 11.3 Å². The van der Waals surface area contributed by atoms with Crippen molar-refractivity contribution in [3.05, 3.63) is 70.3 Å². The summed E-state index contributed by atoms with van der Waals surface area (Å²) in [6, 6.07) is 13.5. The van der Waals surface area contributed by atoms with Crippen molar-refractivity contribution in [2.24, 2.45) is 4.99 Å². The van der Waals surface area contributed by atoms with Crippen molar-refractivity contribution in [1.82, 2.24) is 0 Å². The van der Waals surface area contributed by atoms with Crippen molar-refractivity contribution in [1.29, 1.82) is 0 Å². The average molecular weight is 354 g/mol. The van der Waals surface area contributed by atoms with Crippen LogP contribution in [0.25, 0.3) is 5.76 Å². The average Bonchev–Trinajstić information content (AvgIpc) is 2.63. The molecule has 2 aromatic rings. The molecule has 0 heterocycles. The quantitative estimate of drug-likeness (QED) is 0.282. The molecular weight excluding hydrogens is 338 g/mol. The third-order valence-electron chi connectivity index (χ3n) is 3.26. The summed E-state index contributed by atoms with van der Waals surface area (Å²) in [5.74, 6) is 1.52. The summed E-state index contributed by atoms with van der Waals surface area (Å²) in [5.41, 5.74) is 1.53. The third-order valence-corrected chi connectivity index (χ3v) is 3.59. The van der Waals surface area contributed by atoms with E-state index in [-0.39, 0.29) is 17.9 Å². The van der Waals surface area contributed by atoms with Crippen molar-refractivity contribution in [2.45, 2.75) is 6.92 Å². The number of aliphatic hydroxyl groups excluding tert-OH is 1. The van der Waals surface area contributed by atoms with E-state index in [1.165, 1.54) is 6.21 Å². The normalized spacial score (nSPS) is 11.7. The van der Waals surface area contributed by atoms with Gasteiger partial charge in [0, 0.05) is 17.3 Å². The highest BCUT2D eigenvalue weighted by Crippen LogP contribution is 2.25. The van der Waals surface area contributed by atoms with Crippen LogP contribution in [0.4, 0.5) is 5.69 Å². The molecule has 25 heavy (non-hydrogen) atoms. The van der Waals surface area contributed by atoms with Crippen LogP contribution in [0.5, 0.6) is 0 Å². The molecule has 5 heteroatoms. The molecule has 0 radical (unpaired) electrons. The number of hydrogen-bond acceptors (Lipinski definition) is 4. The molecule has 0 saturated carbocycles. The zero-order valence-corrected chi connectivity index (χ0v) is 14.3. The van der Waals surface area contributed by atoms with E-state index in [9.17, 15) is 9.90 Å². The Kier molecular flexibility index (Phi) is 6.39. The SMILES string of the molecule is C#Cc1ccc(N=C/C(C(=O)OCC)=C(\O)c2ccccc2Cl)cc1. The minimum Gasteiger partial charge on any atom is -0.506 e. The number of esters is 1. The van der Waals surface area contributed by atoms with Gasteiger partial charge in [0.15, 0.2) is 0 Å². The van der Waals surface area contributed by atoms with Gasteiger partial charge in [0.2, 0.25) is 0 Å². The maximum atomic E-state index is 12.2. The van der Waals surface area contributed by atoms with E-state index in [1.54, 1.807) is 55.5 Å². The van der Waals surface area contributed by atoms with Crippen LogP contribution in [0, 0.1) is 12.3 Å². The van der Waals surface area contributed by atoms with Gasteiger partial charge in [-0.1, -0.05) is 29.7 Å². The number of benzene rings is 2. The second-order valence-electron chi connectivity index (χ2n) is 4.91. The van der Waals surface area contributed by atoms with Gasteiger partial charge in [0.25, 0.3) is 0 Å². The van der Waals surface area contributed by atoms with Crippen LogP contribution in [0.3, 0.4) is 0 Å². The molecule has 126 valence electrons. The lowest BCUT2D eigenvalue weighted by atomic mass is 10.1. The summed E-state index contributed by atoms with van der Waals surface area (Å²) in [6.07, 6.45) is 6.56. The molecule has 0 aliphatic rings. The Morgan fingerprint density at radius 2 is 1.96 bits per heavy atom. The summed E-state index contributed by atoms with van der Waals surface area (Å²) in [4.78, 5) is 16.4. The van der Waals surface area contributed by atoms with Gasteiger partial charge in [0.05, 0.1) is 17.3 Å². The largest absolute Gasteiger partial charge is 0.506 e. The molecular formula is C20H16ClNO3. The molecule has 1 N–H and O–H groups in total. The van der Waals surface area contributed by atoms with Crippen LogP contribution in [-0.4, -0.2) is 23.9 Å². The first-order valence-electron chi connectivity index (χ1n) is 7.52. The first kappa shape index (κ1) is 18.3. The zero-order valence-electron chi connectivity index (χ0n) is 13.6. The van der Waals surface area contributed by atoms with Crippen LogP contribution in [0.1, 0.15) is 18.1 Å². The Labute approximate surface area is 151 Å². The van der Waals surface area contributed by atoms with Crippen LogP contribution in [0.2, 0.25) is 5.02 Å². The lowest BCUT2D eigenvalue weighted by Gasteiger charge is -2.08. The van der Waals surface area contributed by atoms with Gasteiger partial charge in [-0.25, -0.2) is 4.79 Å². The van der Waals surface area contributed by atoms with Gasteiger partial charge in [-0.2, -0.15) is 0 Å². The van der Waals surface area contributed by atoms with Gasteiger partial charge in [-0.3, -0.25) is 4.99 Å². The predicted octanol–water partition coefficient (Wildman–Crippen LogP) is 4.56. The highest BCUT2D eigenvalue weighted by atomic mass is 35.5. The number of rotatable bonds is 5. The molecule has 2 aromatic carbocycles. The van der Waals surface area contributed by atoms with Crippen molar-refractivity contribution in [3.63, 3.8) is 0 Å². The topological polar surface area (TPSA) is 58.9 Å². The molecule has 0 saturated heterocycles. The van der Waals surface area contributed by atoms with Gasteiger partial charge >= 0.3 is 5.97 Å². The predicted molar refractivity (Wildman–Crippen MR) is 100 cm³/mol. The van der Waals surface area contributed by atoms with Gasteiger partial charge in [-0.15, -0.1) is 6.42 Å². The fraction of sp³-hybridized carbons (Fsp3) is 0.100. The minimum absolute atomic E-state index is 0.0871. The molecule has 0 amide bonds. The van der Waals surface area contributed by atoms with E-state index in [0.717, 1.165) is 5.56 Å².